The molecule has 2 aromatic carbocycles. The molecule has 0 saturated heterocycles. The lowest BCUT2D eigenvalue weighted by molar-refractivity contribution is 0.175. The molecule has 168 valence electrons. The monoisotopic (exact) mass is 431 g/mol. The van der Waals surface area contributed by atoms with Crippen LogP contribution in [-0.2, 0) is 24.0 Å². The summed E-state index contributed by atoms with van der Waals surface area (Å²) in [6, 6.07) is 15.7. The van der Waals surface area contributed by atoms with Crippen molar-refractivity contribution < 1.29 is 9.53 Å². The predicted octanol–water partition coefficient (Wildman–Crippen LogP) is 6.23. The number of hydrogen-bond donors (Lipinski definition) is 0. The summed E-state index contributed by atoms with van der Waals surface area (Å²) in [5.41, 5.74) is 5.82. The summed E-state index contributed by atoms with van der Waals surface area (Å²) in [7, 11) is 1.46. The van der Waals surface area contributed by atoms with Gasteiger partial charge in [-0.3, -0.25) is 4.90 Å². The molecule has 1 atom stereocenters. The molecule has 1 aromatic heterocycles. The average molecular weight is 432 g/mol. The van der Waals surface area contributed by atoms with E-state index in [0.717, 1.165) is 36.9 Å². The minimum Gasteiger partial charge on any atom is -0.452 e. The summed E-state index contributed by atoms with van der Waals surface area (Å²) in [6.07, 6.45) is 9.89. The Balaban J connectivity index is 1.59. The fraction of sp³-hybridized carbons (Fsp3) is 0.481. The van der Waals surface area contributed by atoms with Crippen molar-refractivity contribution in [2.75, 3.05) is 12.0 Å². The quantitative estimate of drug-likeness (QED) is 0.492. The number of imidazole rings is 1. The normalized spacial score (nSPS) is 19.2. The number of methoxy groups -OCH3 is 1. The summed E-state index contributed by atoms with van der Waals surface area (Å²) in [4.78, 5) is 19.6. The molecule has 5 nitrogen and oxygen atoms in total. The number of anilines is 1. The van der Waals surface area contributed by atoms with E-state index in [1.54, 1.807) is 0 Å². The Labute approximate surface area is 190 Å². The molecule has 1 saturated carbocycles. The molecular formula is C27H33N3O2. The summed E-state index contributed by atoms with van der Waals surface area (Å²) in [5, 5.41) is 0. The van der Waals surface area contributed by atoms with E-state index in [0.29, 0.717) is 6.04 Å². The number of carbonyl (C=O) groups is 1. The number of hydrogen-bond acceptors (Lipinski definition) is 3. The molecule has 1 aliphatic carbocycles. The van der Waals surface area contributed by atoms with Crippen LogP contribution >= 0.6 is 0 Å². The van der Waals surface area contributed by atoms with Crippen LogP contribution in [0.2, 0.25) is 0 Å². The van der Waals surface area contributed by atoms with Gasteiger partial charge < -0.3 is 9.30 Å². The van der Waals surface area contributed by atoms with Gasteiger partial charge in [-0.05, 0) is 56.7 Å². The maximum Gasteiger partial charge on any atom is 0.414 e. The number of rotatable bonds is 4. The molecule has 3 aromatic rings. The summed E-state index contributed by atoms with van der Waals surface area (Å²) in [6.45, 7) is 2.09. The van der Waals surface area contributed by atoms with Gasteiger partial charge in [0.25, 0.3) is 0 Å². The molecule has 0 N–H and O–H groups in total. The summed E-state index contributed by atoms with van der Waals surface area (Å²) >= 11 is 0. The van der Waals surface area contributed by atoms with Crippen LogP contribution in [0.3, 0.4) is 0 Å². The molecule has 5 rings (SSSR count). The molecular weight excluding hydrogens is 398 g/mol. The molecule has 2 aliphatic rings. The number of nitrogens with zero attached hydrogens (tertiary/aromatic N) is 3. The van der Waals surface area contributed by atoms with Crippen LogP contribution in [-0.4, -0.2) is 28.8 Å². The molecule has 1 fully saturated rings. The Morgan fingerprint density at radius 1 is 1.03 bits per heavy atom. The van der Waals surface area contributed by atoms with Crippen LogP contribution in [0.4, 0.5) is 10.5 Å². The Kier molecular flexibility index (Phi) is 5.90. The number of aryl methyl sites for hydroxylation is 3. The molecule has 1 aliphatic heterocycles. The van der Waals surface area contributed by atoms with Crippen molar-refractivity contribution in [2.24, 2.45) is 0 Å². The van der Waals surface area contributed by atoms with Crippen molar-refractivity contribution in [3.8, 4) is 0 Å². The predicted molar refractivity (Wildman–Crippen MR) is 128 cm³/mol. The molecule has 32 heavy (non-hydrogen) atoms. The molecule has 5 heteroatoms. The third kappa shape index (κ3) is 3.78. The highest BCUT2D eigenvalue weighted by molar-refractivity contribution is 5.95. The van der Waals surface area contributed by atoms with Gasteiger partial charge in [0.15, 0.2) is 0 Å². The molecule has 2 heterocycles. The van der Waals surface area contributed by atoms with Crippen LogP contribution in [0.1, 0.15) is 68.4 Å². The van der Waals surface area contributed by atoms with E-state index in [4.69, 9.17) is 9.72 Å². The highest BCUT2D eigenvalue weighted by Gasteiger charge is 2.32. The Morgan fingerprint density at radius 2 is 1.81 bits per heavy atom. The number of aromatic nitrogens is 2. The minimum absolute atomic E-state index is 0.130. The topological polar surface area (TPSA) is 47.4 Å². The minimum atomic E-state index is -0.284. The fourth-order valence-electron chi connectivity index (χ4n) is 5.65. The van der Waals surface area contributed by atoms with E-state index in [-0.39, 0.29) is 12.1 Å². The number of carbonyl (C=O) groups excluding carboxylic acids is 1. The number of fused-ring (bicyclic) bond motifs is 3. The molecule has 1 amide bonds. The highest BCUT2D eigenvalue weighted by Crippen LogP contribution is 2.39. The first-order valence-corrected chi connectivity index (χ1v) is 12.1. The lowest BCUT2D eigenvalue weighted by Gasteiger charge is -2.34. The smallest absolute Gasteiger partial charge is 0.414 e. The van der Waals surface area contributed by atoms with E-state index in [9.17, 15) is 4.79 Å². The van der Waals surface area contributed by atoms with E-state index in [2.05, 4.69) is 54.0 Å². The lowest BCUT2D eigenvalue weighted by atomic mass is 9.94. The van der Waals surface area contributed by atoms with Gasteiger partial charge in [-0.1, -0.05) is 49.6 Å². The van der Waals surface area contributed by atoms with Gasteiger partial charge in [0.05, 0.1) is 23.8 Å². The number of amides is 1. The standard InChI is InChI=1S/C27H33N3O2/c1-19-13-15-22-23(29(19)27(31)32-2)16-17-24-26(22)28-25(18-14-20-9-5-3-6-10-20)30(24)21-11-7-4-8-12-21/h3,5-6,9-10,16-17,19,21H,4,7-8,11-15,18H2,1-2H3/t19-/m0/s1. The van der Waals surface area contributed by atoms with Gasteiger partial charge in [-0.15, -0.1) is 0 Å². The fourth-order valence-corrected chi connectivity index (χ4v) is 5.65. The van der Waals surface area contributed by atoms with E-state index >= 15 is 0 Å². The number of ether oxygens (including phenoxy) is 1. The van der Waals surface area contributed by atoms with Gasteiger partial charge in [-0.25, -0.2) is 9.78 Å². The third-order valence-electron chi connectivity index (χ3n) is 7.32. The maximum absolute atomic E-state index is 12.5. The van der Waals surface area contributed by atoms with Gasteiger partial charge >= 0.3 is 6.09 Å². The first kappa shape index (κ1) is 21.0. The molecule has 0 spiro atoms. The second-order valence-corrected chi connectivity index (χ2v) is 9.33. The zero-order valence-electron chi connectivity index (χ0n) is 19.2. The Bertz CT molecular complexity index is 1100. The van der Waals surface area contributed by atoms with Crippen molar-refractivity contribution in [1.82, 2.24) is 9.55 Å². The van der Waals surface area contributed by atoms with Crippen molar-refractivity contribution in [2.45, 2.75) is 76.8 Å². The molecule has 0 unspecified atom stereocenters. The molecule has 0 bridgehead atoms. The Morgan fingerprint density at radius 3 is 2.56 bits per heavy atom. The van der Waals surface area contributed by atoms with E-state index in [1.807, 2.05) is 4.90 Å². The highest BCUT2D eigenvalue weighted by atomic mass is 16.5. The van der Waals surface area contributed by atoms with Crippen molar-refractivity contribution in [3.05, 3.63) is 59.4 Å². The largest absolute Gasteiger partial charge is 0.452 e. The van der Waals surface area contributed by atoms with Crippen LogP contribution in [0, 0.1) is 0 Å². The third-order valence-corrected chi connectivity index (χ3v) is 7.32. The lowest BCUT2D eigenvalue weighted by Crippen LogP contribution is -2.42. The van der Waals surface area contributed by atoms with Gasteiger partial charge in [-0.2, -0.15) is 0 Å². The summed E-state index contributed by atoms with van der Waals surface area (Å²) < 4.78 is 7.64. The average Bonchev–Trinajstić information content (AvgIpc) is 3.22. The maximum atomic E-state index is 12.5. The van der Waals surface area contributed by atoms with Gasteiger partial charge in [0.1, 0.15) is 5.82 Å². The second kappa shape index (κ2) is 8.97. The Hall–Kier alpha value is -2.82. The second-order valence-electron chi connectivity index (χ2n) is 9.33. The van der Waals surface area contributed by atoms with Crippen LogP contribution < -0.4 is 4.90 Å². The SMILES string of the molecule is COC(=O)N1c2ccc3c(nc(CCc4ccccc4)n3C3CCCCC3)c2CC[C@@H]1C. The zero-order valence-corrected chi connectivity index (χ0v) is 19.2. The van der Waals surface area contributed by atoms with Crippen molar-refractivity contribution >= 4 is 22.8 Å². The van der Waals surface area contributed by atoms with Crippen molar-refractivity contribution in [1.29, 1.82) is 0 Å². The van der Waals surface area contributed by atoms with Crippen LogP contribution in [0.15, 0.2) is 42.5 Å². The first-order chi connectivity index (χ1) is 15.7. The van der Waals surface area contributed by atoms with E-state index in [1.165, 1.54) is 61.7 Å². The van der Waals surface area contributed by atoms with E-state index < -0.39 is 0 Å². The van der Waals surface area contributed by atoms with Gasteiger partial charge in [0.2, 0.25) is 0 Å². The van der Waals surface area contributed by atoms with Crippen LogP contribution in [0.25, 0.3) is 11.0 Å². The summed E-state index contributed by atoms with van der Waals surface area (Å²) in [5.74, 6) is 1.19. The van der Waals surface area contributed by atoms with Crippen molar-refractivity contribution in [3.63, 3.8) is 0 Å². The van der Waals surface area contributed by atoms with Gasteiger partial charge in [0, 0.05) is 24.1 Å². The zero-order chi connectivity index (χ0) is 22.1. The van der Waals surface area contributed by atoms with Crippen LogP contribution in [0.5, 0.6) is 0 Å². The first-order valence-electron chi connectivity index (χ1n) is 12.1. The molecule has 0 radical (unpaired) electrons. The number of benzene rings is 2.